The molecule has 1 aromatic heterocycles. The molecule has 0 fully saturated rings. The van der Waals surface area contributed by atoms with Gasteiger partial charge in [-0.2, -0.15) is 0 Å². The third-order valence-corrected chi connectivity index (χ3v) is 2.63. The number of aliphatic hydroxyl groups is 1. The summed E-state index contributed by atoms with van der Waals surface area (Å²) in [5.74, 6) is 0.727. The van der Waals surface area contributed by atoms with Crippen molar-refractivity contribution in [1.29, 1.82) is 0 Å². The van der Waals surface area contributed by atoms with Crippen molar-refractivity contribution in [3.05, 3.63) is 12.4 Å². The molecule has 0 aliphatic carbocycles. The van der Waals surface area contributed by atoms with Crippen LogP contribution in [0.4, 0.5) is 5.82 Å². The molecule has 2 unspecified atom stereocenters. The number of nitrogens with one attached hydrogen (secondary N) is 1. The van der Waals surface area contributed by atoms with Gasteiger partial charge in [-0.3, -0.25) is 0 Å². The molecule has 0 amide bonds. The van der Waals surface area contributed by atoms with E-state index in [-0.39, 0.29) is 6.04 Å². The summed E-state index contributed by atoms with van der Waals surface area (Å²) in [6.45, 7) is 2.15. The lowest BCUT2D eigenvalue weighted by Crippen LogP contribution is -2.38. The van der Waals surface area contributed by atoms with E-state index in [0.29, 0.717) is 6.54 Å². The van der Waals surface area contributed by atoms with Gasteiger partial charge in [0.2, 0.25) is 0 Å². The minimum Gasteiger partial charge on any atom is -0.392 e. The summed E-state index contributed by atoms with van der Waals surface area (Å²) in [6, 6.07) is 1.55. The summed E-state index contributed by atoms with van der Waals surface area (Å²) in [6.07, 6.45) is 2.93. The Kier molecular flexibility index (Phi) is 4.80. The van der Waals surface area contributed by atoms with Crippen LogP contribution in [0.5, 0.6) is 0 Å². The van der Waals surface area contributed by atoms with Crippen LogP contribution in [0.1, 0.15) is 6.92 Å². The van der Waals surface area contributed by atoms with Gasteiger partial charge in [0, 0.05) is 18.7 Å². The molecule has 4 N–H and O–H groups in total. The molecule has 0 radical (unpaired) electrons. The van der Waals surface area contributed by atoms with Gasteiger partial charge >= 0.3 is 0 Å². The van der Waals surface area contributed by atoms with Crippen LogP contribution in [-0.2, 0) is 0 Å². The molecule has 1 heterocycles. The average molecular weight is 228 g/mol. The first-order chi connectivity index (χ1) is 7.13. The summed E-state index contributed by atoms with van der Waals surface area (Å²) in [4.78, 5) is 8.10. The summed E-state index contributed by atoms with van der Waals surface area (Å²) in [5, 5.41) is 13.1. The van der Waals surface area contributed by atoms with E-state index in [1.807, 2.05) is 12.3 Å². The van der Waals surface area contributed by atoms with Gasteiger partial charge in [0.15, 0.2) is 0 Å². The molecule has 0 aromatic carbocycles. The number of nitrogens with two attached hydrogens (primary N) is 1. The van der Waals surface area contributed by atoms with Crippen LogP contribution in [0.15, 0.2) is 17.4 Å². The fourth-order valence-corrected chi connectivity index (χ4v) is 1.32. The maximum Gasteiger partial charge on any atom is 0.130 e. The van der Waals surface area contributed by atoms with Gasteiger partial charge in [0.25, 0.3) is 0 Å². The summed E-state index contributed by atoms with van der Waals surface area (Å²) < 4.78 is 0. The predicted molar refractivity (Wildman–Crippen MR) is 62.0 cm³/mol. The zero-order chi connectivity index (χ0) is 11.3. The molecule has 0 saturated carbocycles. The Bertz CT molecular complexity index is 308. The zero-order valence-corrected chi connectivity index (χ0v) is 9.66. The Morgan fingerprint density at radius 1 is 1.60 bits per heavy atom. The SMILES string of the molecule is CSc1cc(NCC(N)C(C)O)ncn1. The monoisotopic (exact) mass is 228 g/mol. The highest BCUT2D eigenvalue weighted by molar-refractivity contribution is 7.98. The van der Waals surface area contributed by atoms with Crippen LogP contribution >= 0.6 is 11.8 Å². The number of aliphatic hydroxyl groups excluding tert-OH is 1. The van der Waals surface area contributed by atoms with Crippen molar-refractivity contribution in [3.63, 3.8) is 0 Å². The van der Waals surface area contributed by atoms with E-state index in [1.54, 1.807) is 18.7 Å². The maximum absolute atomic E-state index is 9.20. The summed E-state index contributed by atoms with van der Waals surface area (Å²) in [5.41, 5.74) is 5.67. The molecule has 84 valence electrons. The van der Waals surface area contributed by atoms with E-state index in [9.17, 15) is 5.11 Å². The van der Waals surface area contributed by atoms with E-state index in [1.165, 1.54) is 6.33 Å². The molecule has 0 bridgehead atoms. The number of thioether (sulfide) groups is 1. The second-order valence-electron chi connectivity index (χ2n) is 3.23. The van der Waals surface area contributed by atoms with Crippen molar-refractivity contribution in [1.82, 2.24) is 9.97 Å². The average Bonchev–Trinajstić information content (AvgIpc) is 2.26. The largest absolute Gasteiger partial charge is 0.392 e. The highest BCUT2D eigenvalue weighted by atomic mass is 32.2. The van der Waals surface area contributed by atoms with Crippen molar-refractivity contribution in [2.75, 3.05) is 18.1 Å². The quantitative estimate of drug-likeness (QED) is 0.497. The minimum absolute atomic E-state index is 0.294. The van der Waals surface area contributed by atoms with E-state index in [0.717, 1.165) is 10.8 Å². The number of aromatic nitrogens is 2. The summed E-state index contributed by atoms with van der Waals surface area (Å²) in [7, 11) is 0. The zero-order valence-electron chi connectivity index (χ0n) is 8.84. The van der Waals surface area contributed by atoms with Gasteiger partial charge in [0.1, 0.15) is 17.2 Å². The van der Waals surface area contributed by atoms with Gasteiger partial charge in [-0.15, -0.1) is 11.8 Å². The molecule has 1 aromatic rings. The highest BCUT2D eigenvalue weighted by Crippen LogP contribution is 2.13. The predicted octanol–water partition coefficient (Wildman–Crippen LogP) is 0.318. The van der Waals surface area contributed by atoms with Crippen LogP contribution in [-0.4, -0.2) is 40.0 Å². The highest BCUT2D eigenvalue weighted by Gasteiger charge is 2.08. The maximum atomic E-state index is 9.20. The van der Waals surface area contributed by atoms with E-state index in [2.05, 4.69) is 15.3 Å². The minimum atomic E-state index is -0.528. The lowest BCUT2D eigenvalue weighted by atomic mass is 10.2. The Morgan fingerprint density at radius 2 is 2.33 bits per heavy atom. The number of hydrogen-bond acceptors (Lipinski definition) is 6. The van der Waals surface area contributed by atoms with Crippen molar-refractivity contribution in [2.45, 2.75) is 24.1 Å². The van der Waals surface area contributed by atoms with Gasteiger partial charge < -0.3 is 16.2 Å². The van der Waals surface area contributed by atoms with Crippen LogP contribution in [0.3, 0.4) is 0 Å². The normalized spacial score (nSPS) is 14.7. The Balaban J connectivity index is 2.50. The van der Waals surface area contributed by atoms with Gasteiger partial charge in [-0.1, -0.05) is 0 Å². The fourth-order valence-electron chi connectivity index (χ4n) is 0.941. The lowest BCUT2D eigenvalue weighted by molar-refractivity contribution is 0.168. The Morgan fingerprint density at radius 3 is 2.93 bits per heavy atom. The third kappa shape index (κ3) is 4.03. The Labute approximate surface area is 93.5 Å². The number of rotatable bonds is 5. The number of hydrogen-bond donors (Lipinski definition) is 3. The van der Waals surface area contributed by atoms with Crippen molar-refractivity contribution in [2.24, 2.45) is 5.73 Å². The van der Waals surface area contributed by atoms with Gasteiger partial charge in [-0.05, 0) is 13.2 Å². The second-order valence-corrected chi connectivity index (χ2v) is 4.06. The molecule has 2 atom stereocenters. The van der Waals surface area contributed by atoms with Crippen molar-refractivity contribution >= 4 is 17.6 Å². The molecule has 0 aliphatic heterocycles. The van der Waals surface area contributed by atoms with Crippen molar-refractivity contribution < 1.29 is 5.11 Å². The van der Waals surface area contributed by atoms with E-state index < -0.39 is 6.10 Å². The van der Waals surface area contributed by atoms with Crippen LogP contribution in [0.2, 0.25) is 0 Å². The second kappa shape index (κ2) is 5.89. The Hall–Kier alpha value is -0.850. The number of anilines is 1. The van der Waals surface area contributed by atoms with E-state index >= 15 is 0 Å². The molecule has 6 heteroatoms. The first-order valence-electron chi connectivity index (χ1n) is 4.67. The van der Waals surface area contributed by atoms with Crippen LogP contribution in [0, 0.1) is 0 Å². The van der Waals surface area contributed by atoms with E-state index in [4.69, 9.17) is 5.73 Å². The smallest absolute Gasteiger partial charge is 0.130 e. The van der Waals surface area contributed by atoms with Crippen molar-refractivity contribution in [3.8, 4) is 0 Å². The molecule has 1 rings (SSSR count). The first kappa shape index (κ1) is 12.2. The molecule has 0 spiro atoms. The molecule has 15 heavy (non-hydrogen) atoms. The standard InChI is InChI=1S/C9H16N4OS/c1-6(14)7(10)4-11-8-3-9(15-2)13-5-12-8/h3,5-7,14H,4,10H2,1-2H3,(H,11,12,13). The molecular formula is C9H16N4OS. The molecule has 5 nitrogen and oxygen atoms in total. The first-order valence-corrected chi connectivity index (χ1v) is 5.89. The molecule has 0 aliphatic rings. The van der Waals surface area contributed by atoms with Crippen LogP contribution in [0.25, 0.3) is 0 Å². The number of nitrogens with zero attached hydrogens (tertiary/aromatic N) is 2. The van der Waals surface area contributed by atoms with Crippen LogP contribution < -0.4 is 11.1 Å². The summed E-state index contributed by atoms with van der Waals surface area (Å²) >= 11 is 1.55. The van der Waals surface area contributed by atoms with Gasteiger partial charge in [-0.25, -0.2) is 9.97 Å². The molecular weight excluding hydrogens is 212 g/mol. The molecule has 0 saturated heterocycles. The fraction of sp³-hybridized carbons (Fsp3) is 0.556. The van der Waals surface area contributed by atoms with Gasteiger partial charge in [0.05, 0.1) is 6.10 Å². The third-order valence-electron chi connectivity index (χ3n) is 1.99. The lowest BCUT2D eigenvalue weighted by Gasteiger charge is -2.15. The topological polar surface area (TPSA) is 84.1 Å².